The predicted octanol–water partition coefficient (Wildman–Crippen LogP) is 6.54. The number of nitrogens with two attached hydrogens (primary N) is 1. The highest BCUT2D eigenvalue weighted by Gasteiger charge is 2.23. The van der Waals surface area contributed by atoms with E-state index in [-0.39, 0.29) is 11.4 Å². The third-order valence-corrected chi connectivity index (χ3v) is 6.64. The summed E-state index contributed by atoms with van der Waals surface area (Å²) in [6, 6.07) is 11.3. The highest BCUT2D eigenvalue weighted by molar-refractivity contribution is 7.99. The van der Waals surface area contributed by atoms with Crippen LogP contribution in [0, 0.1) is 24.4 Å². The average Bonchev–Trinajstić information content (AvgIpc) is 2.68. The zero-order chi connectivity index (χ0) is 21.3. The third kappa shape index (κ3) is 4.24. The van der Waals surface area contributed by atoms with E-state index in [9.17, 15) is 13.2 Å². The van der Waals surface area contributed by atoms with E-state index in [0.717, 1.165) is 47.4 Å². The van der Waals surface area contributed by atoms with Crippen molar-refractivity contribution in [1.82, 2.24) is 4.98 Å². The van der Waals surface area contributed by atoms with Crippen molar-refractivity contribution >= 4 is 17.5 Å². The second-order valence-electron chi connectivity index (χ2n) is 7.41. The number of hydrogen-bond donors (Lipinski definition) is 1. The summed E-state index contributed by atoms with van der Waals surface area (Å²) < 4.78 is 42.0. The van der Waals surface area contributed by atoms with Gasteiger partial charge in [-0.05, 0) is 91.4 Å². The van der Waals surface area contributed by atoms with E-state index in [1.54, 1.807) is 18.3 Å². The number of pyridine rings is 1. The van der Waals surface area contributed by atoms with Gasteiger partial charge in [-0.1, -0.05) is 0 Å². The van der Waals surface area contributed by atoms with Crippen LogP contribution in [0.3, 0.4) is 0 Å². The number of hydrogen-bond acceptors (Lipinski definition) is 3. The van der Waals surface area contributed by atoms with Crippen LogP contribution < -0.4 is 5.73 Å². The fourth-order valence-corrected chi connectivity index (χ4v) is 4.70. The van der Waals surface area contributed by atoms with Gasteiger partial charge in [-0.15, -0.1) is 11.8 Å². The topological polar surface area (TPSA) is 38.9 Å². The van der Waals surface area contributed by atoms with E-state index in [0.29, 0.717) is 11.4 Å². The van der Waals surface area contributed by atoms with E-state index in [1.807, 2.05) is 13.0 Å². The van der Waals surface area contributed by atoms with Gasteiger partial charge in [0.2, 0.25) is 0 Å². The quantitative estimate of drug-likeness (QED) is 0.471. The molecule has 30 heavy (non-hydrogen) atoms. The van der Waals surface area contributed by atoms with Gasteiger partial charge < -0.3 is 5.73 Å². The van der Waals surface area contributed by atoms with E-state index >= 15 is 0 Å². The first-order chi connectivity index (χ1) is 14.4. The second kappa shape index (κ2) is 8.56. The van der Waals surface area contributed by atoms with Gasteiger partial charge in [-0.2, -0.15) is 0 Å². The minimum Gasteiger partial charge on any atom is -0.397 e. The second-order valence-corrected chi connectivity index (χ2v) is 8.59. The fourth-order valence-electron chi connectivity index (χ4n) is 3.45. The molecule has 1 aliphatic carbocycles. The summed E-state index contributed by atoms with van der Waals surface area (Å²) >= 11 is 1.32. The molecular weight excluding hydrogens is 405 g/mol. The molecule has 0 spiro atoms. The molecule has 1 unspecified atom stereocenters. The Labute approximate surface area is 178 Å². The smallest absolute Gasteiger partial charge is 0.128 e. The van der Waals surface area contributed by atoms with Crippen LogP contribution in [-0.2, 0) is 0 Å². The molecule has 2 N–H and O–H groups in total. The highest BCUT2D eigenvalue weighted by Crippen LogP contribution is 2.43. The first-order valence-electron chi connectivity index (χ1n) is 9.74. The van der Waals surface area contributed by atoms with Crippen LogP contribution in [0.25, 0.3) is 5.70 Å². The standard InChI is InChI=1S/C24H21F3N2S/c1-14-11-22(23(28)15-3-2-4-15)29-13-20(14)24(19-12-17(26)7-10-21(19)27)30-18-8-5-16(25)6-9-18/h5-13,24H,2-4,28H2,1H3. The van der Waals surface area contributed by atoms with E-state index in [1.165, 1.54) is 35.5 Å². The lowest BCUT2D eigenvalue weighted by Gasteiger charge is -2.22. The lowest BCUT2D eigenvalue weighted by atomic mass is 9.89. The van der Waals surface area contributed by atoms with Crippen molar-refractivity contribution in [2.45, 2.75) is 36.3 Å². The zero-order valence-electron chi connectivity index (χ0n) is 16.5. The number of halogens is 3. The van der Waals surface area contributed by atoms with Crippen molar-refractivity contribution in [2.75, 3.05) is 0 Å². The molecule has 2 aromatic carbocycles. The Bertz CT molecular complexity index is 1100. The molecule has 3 aromatic rings. The normalized spacial score (nSPS) is 14.3. The van der Waals surface area contributed by atoms with Gasteiger partial charge in [0, 0.05) is 16.7 Å². The van der Waals surface area contributed by atoms with Gasteiger partial charge in [0.25, 0.3) is 0 Å². The van der Waals surface area contributed by atoms with Crippen molar-refractivity contribution in [3.05, 3.63) is 100 Å². The number of aryl methyl sites for hydroxylation is 1. The minimum absolute atomic E-state index is 0.215. The Morgan fingerprint density at radius 3 is 2.30 bits per heavy atom. The van der Waals surface area contributed by atoms with Gasteiger partial charge >= 0.3 is 0 Å². The lowest BCUT2D eigenvalue weighted by molar-refractivity contribution is 0.587. The summed E-state index contributed by atoms with van der Waals surface area (Å²) in [5, 5.41) is -0.551. The van der Waals surface area contributed by atoms with Crippen molar-refractivity contribution in [3.8, 4) is 0 Å². The summed E-state index contributed by atoms with van der Waals surface area (Å²) in [4.78, 5) is 5.26. The predicted molar refractivity (Wildman–Crippen MR) is 114 cm³/mol. The molecule has 1 heterocycles. The maximum absolute atomic E-state index is 14.7. The summed E-state index contributed by atoms with van der Waals surface area (Å²) in [5.41, 5.74) is 10.7. The number of aromatic nitrogens is 1. The lowest BCUT2D eigenvalue weighted by Crippen LogP contribution is -2.11. The van der Waals surface area contributed by atoms with Crippen LogP contribution in [0.1, 0.15) is 46.9 Å². The Kier molecular flexibility index (Phi) is 5.86. The van der Waals surface area contributed by atoms with Gasteiger partial charge in [-0.25, -0.2) is 13.2 Å². The van der Waals surface area contributed by atoms with Crippen molar-refractivity contribution in [2.24, 2.45) is 5.73 Å². The molecule has 0 bridgehead atoms. The first kappa shape index (κ1) is 20.5. The van der Waals surface area contributed by atoms with Gasteiger partial charge in [0.05, 0.1) is 16.6 Å². The van der Waals surface area contributed by atoms with Crippen LogP contribution in [-0.4, -0.2) is 4.98 Å². The van der Waals surface area contributed by atoms with E-state index in [2.05, 4.69) is 4.98 Å². The Balaban J connectivity index is 1.77. The fraction of sp³-hybridized carbons (Fsp3) is 0.208. The molecule has 6 heteroatoms. The molecule has 1 aromatic heterocycles. The Hall–Kier alpha value is -2.73. The molecule has 2 nitrogen and oxygen atoms in total. The van der Waals surface area contributed by atoms with Crippen molar-refractivity contribution in [3.63, 3.8) is 0 Å². The maximum Gasteiger partial charge on any atom is 0.128 e. The summed E-state index contributed by atoms with van der Waals surface area (Å²) in [6.45, 7) is 1.91. The van der Waals surface area contributed by atoms with E-state index in [4.69, 9.17) is 5.73 Å². The molecule has 0 aliphatic heterocycles. The van der Waals surface area contributed by atoms with Crippen molar-refractivity contribution in [1.29, 1.82) is 0 Å². The third-order valence-electron chi connectivity index (χ3n) is 5.36. The number of benzene rings is 2. The Morgan fingerprint density at radius 2 is 1.67 bits per heavy atom. The zero-order valence-corrected chi connectivity index (χ0v) is 17.3. The molecule has 4 rings (SSSR count). The van der Waals surface area contributed by atoms with Gasteiger partial charge in [0.1, 0.15) is 17.5 Å². The molecular formula is C24H21F3N2S. The van der Waals surface area contributed by atoms with Crippen LogP contribution in [0.5, 0.6) is 0 Å². The van der Waals surface area contributed by atoms with E-state index < -0.39 is 16.9 Å². The number of nitrogens with zero attached hydrogens (tertiary/aromatic N) is 1. The molecule has 1 atom stereocenters. The molecule has 1 aliphatic rings. The van der Waals surface area contributed by atoms with Crippen LogP contribution in [0.15, 0.2) is 65.2 Å². The van der Waals surface area contributed by atoms with Crippen LogP contribution in [0.2, 0.25) is 0 Å². The molecule has 0 amide bonds. The SMILES string of the molecule is Cc1cc(C(N)=C2CCC2)ncc1C(Sc1ccc(F)cc1)c1cc(F)ccc1F. The molecule has 1 fully saturated rings. The number of thioether (sulfide) groups is 1. The first-order valence-corrected chi connectivity index (χ1v) is 10.6. The molecule has 1 saturated carbocycles. The van der Waals surface area contributed by atoms with Gasteiger partial charge in [0.15, 0.2) is 0 Å². The number of allylic oxidation sites excluding steroid dienone is 1. The molecule has 154 valence electrons. The highest BCUT2D eigenvalue weighted by atomic mass is 32.2. The molecule has 0 radical (unpaired) electrons. The largest absolute Gasteiger partial charge is 0.397 e. The van der Waals surface area contributed by atoms with Crippen LogP contribution in [0.4, 0.5) is 13.2 Å². The minimum atomic E-state index is -0.551. The summed E-state index contributed by atoms with van der Waals surface area (Å²) in [6.07, 6.45) is 4.81. The van der Waals surface area contributed by atoms with Crippen molar-refractivity contribution < 1.29 is 13.2 Å². The maximum atomic E-state index is 14.7. The average molecular weight is 427 g/mol. The van der Waals surface area contributed by atoms with Gasteiger partial charge in [-0.3, -0.25) is 4.98 Å². The van der Waals surface area contributed by atoms with Crippen LogP contribution >= 0.6 is 11.8 Å². The monoisotopic (exact) mass is 426 g/mol. The number of rotatable bonds is 5. The molecule has 0 saturated heterocycles. The Morgan fingerprint density at radius 1 is 0.967 bits per heavy atom. The summed E-state index contributed by atoms with van der Waals surface area (Å²) in [7, 11) is 0. The summed E-state index contributed by atoms with van der Waals surface area (Å²) in [5.74, 6) is -1.37.